The van der Waals surface area contributed by atoms with Crippen LogP contribution in [0.25, 0.3) is 0 Å². The van der Waals surface area contributed by atoms with Gasteiger partial charge in [0.15, 0.2) is 0 Å². The molecule has 0 aliphatic heterocycles. The zero-order valence-corrected chi connectivity index (χ0v) is 9.13. The fourth-order valence-electron chi connectivity index (χ4n) is 0.952. The van der Waals surface area contributed by atoms with E-state index in [1.807, 2.05) is 7.05 Å². The van der Waals surface area contributed by atoms with Crippen molar-refractivity contribution in [2.24, 2.45) is 0 Å². The lowest BCUT2D eigenvalue weighted by molar-refractivity contribution is -0.129. The van der Waals surface area contributed by atoms with Crippen LogP contribution < -0.4 is 5.32 Å². The van der Waals surface area contributed by atoms with Gasteiger partial charge >= 0.3 is 0 Å². The second-order valence-electron chi connectivity index (χ2n) is 3.26. The summed E-state index contributed by atoms with van der Waals surface area (Å²) in [4.78, 5) is 15.1. The van der Waals surface area contributed by atoms with Gasteiger partial charge in [-0.1, -0.05) is 6.92 Å². The predicted octanol–water partition coefficient (Wildman–Crippen LogP) is -0.384. The van der Waals surface area contributed by atoms with Crippen molar-refractivity contribution >= 4 is 5.91 Å². The molecule has 0 saturated carbocycles. The molecule has 0 aromatic heterocycles. The third-order valence-corrected chi connectivity index (χ3v) is 1.98. The summed E-state index contributed by atoms with van der Waals surface area (Å²) in [7, 11) is 5.49. The van der Waals surface area contributed by atoms with Crippen molar-refractivity contribution in [2.75, 3.05) is 47.3 Å². The zero-order chi connectivity index (χ0) is 10.3. The quantitative estimate of drug-likeness (QED) is 0.615. The molecule has 0 unspecified atom stereocenters. The van der Waals surface area contributed by atoms with Crippen LogP contribution in [0.15, 0.2) is 0 Å². The number of nitrogens with zero attached hydrogens (tertiary/aromatic N) is 2. The zero-order valence-electron chi connectivity index (χ0n) is 9.13. The first-order chi connectivity index (χ1) is 6.11. The monoisotopic (exact) mass is 187 g/mol. The van der Waals surface area contributed by atoms with Gasteiger partial charge in [0, 0.05) is 27.2 Å². The molecular weight excluding hydrogens is 166 g/mol. The normalized spacial score (nSPS) is 10.5. The second kappa shape index (κ2) is 6.86. The summed E-state index contributed by atoms with van der Waals surface area (Å²) in [6.45, 7) is 5.35. The summed E-state index contributed by atoms with van der Waals surface area (Å²) in [5, 5.41) is 3.07. The highest BCUT2D eigenvalue weighted by molar-refractivity contribution is 5.77. The fraction of sp³-hybridized carbons (Fsp3) is 0.889. The maximum Gasteiger partial charge on any atom is 0.236 e. The predicted molar refractivity (Wildman–Crippen MR) is 54.7 cm³/mol. The molecule has 0 aliphatic rings. The molecule has 78 valence electrons. The minimum absolute atomic E-state index is 0.165. The third kappa shape index (κ3) is 5.60. The van der Waals surface area contributed by atoms with Crippen LogP contribution in [0, 0.1) is 0 Å². The van der Waals surface area contributed by atoms with E-state index in [4.69, 9.17) is 0 Å². The lowest BCUT2D eigenvalue weighted by atomic mass is 10.4. The number of likely N-dealkylation sites (N-methyl/N-ethyl adjacent to an activating group) is 3. The SMILES string of the molecule is CCN(CCNC)CC(=O)N(C)C. The van der Waals surface area contributed by atoms with Gasteiger partial charge in [-0.2, -0.15) is 0 Å². The molecule has 4 nitrogen and oxygen atoms in total. The molecule has 0 aromatic carbocycles. The molecule has 0 atom stereocenters. The lowest BCUT2D eigenvalue weighted by Gasteiger charge is -2.21. The van der Waals surface area contributed by atoms with Crippen LogP contribution in [0.4, 0.5) is 0 Å². The topological polar surface area (TPSA) is 35.6 Å². The highest BCUT2D eigenvalue weighted by Crippen LogP contribution is 1.89. The fourth-order valence-corrected chi connectivity index (χ4v) is 0.952. The third-order valence-electron chi connectivity index (χ3n) is 1.98. The van der Waals surface area contributed by atoms with E-state index in [1.165, 1.54) is 0 Å². The molecule has 0 rings (SSSR count). The van der Waals surface area contributed by atoms with E-state index in [9.17, 15) is 4.79 Å². The molecule has 1 N–H and O–H groups in total. The Morgan fingerprint density at radius 1 is 1.38 bits per heavy atom. The Kier molecular flexibility index (Phi) is 6.54. The van der Waals surface area contributed by atoms with Crippen LogP contribution in [0.5, 0.6) is 0 Å². The summed E-state index contributed by atoms with van der Waals surface area (Å²) >= 11 is 0. The number of rotatable bonds is 6. The highest BCUT2D eigenvalue weighted by Gasteiger charge is 2.09. The highest BCUT2D eigenvalue weighted by atomic mass is 16.2. The number of amides is 1. The number of nitrogens with one attached hydrogen (secondary N) is 1. The molecular formula is C9H21N3O. The van der Waals surface area contributed by atoms with Crippen LogP contribution in [-0.4, -0.2) is 63.0 Å². The van der Waals surface area contributed by atoms with Crippen molar-refractivity contribution in [3.8, 4) is 0 Å². The van der Waals surface area contributed by atoms with Crippen molar-refractivity contribution < 1.29 is 4.79 Å². The first kappa shape index (κ1) is 12.4. The summed E-state index contributed by atoms with van der Waals surface area (Å²) in [5.74, 6) is 0.165. The Morgan fingerprint density at radius 3 is 2.38 bits per heavy atom. The molecule has 0 saturated heterocycles. The van der Waals surface area contributed by atoms with Crippen LogP contribution in [0.3, 0.4) is 0 Å². The Bertz CT molecular complexity index is 148. The van der Waals surface area contributed by atoms with E-state index in [1.54, 1.807) is 19.0 Å². The van der Waals surface area contributed by atoms with Crippen LogP contribution in [0.1, 0.15) is 6.92 Å². The van der Waals surface area contributed by atoms with Crippen molar-refractivity contribution in [3.63, 3.8) is 0 Å². The van der Waals surface area contributed by atoms with E-state index in [-0.39, 0.29) is 5.91 Å². The van der Waals surface area contributed by atoms with E-state index < -0.39 is 0 Å². The Balaban J connectivity index is 3.76. The smallest absolute Gasteiger partial charge is 0.236 e. The Morgan fingerprint density at radius 2 is 2.00 bits per heavy atom. The van der Waals surface area contributed by atoms with Gasteiger partial charge < -0.3 is 10.2 Å². The van der Waals surface area contributed by atoms with E-state index in [2.05, 4.69) is 17.1 Å². The van der Waals surface area contributed by atoms with Crippen molar-refractivity contribution in [1.29, 1.82) is 0 Å². The van der Waals surface area contributed by atoms with Crippen molar-refractivity contribution in [2.45, 2.75) is 6.92 Å². The number of hydrogen-bond acceptors (Lipinski definition) is 3. The molecule has 0 aromatic rings. The molecule has 0 spiro atoms. The average Bonchev–Trinajstić information content (AvgIpc) is 2.11. The van der Waals surface area contributed by atoms with Gasteiger partial charge in [0.25, 0.3) is 0 Å². The number of carbonyl (C=O) groups is 1. The molecule has 0 fully saturated rings. The van der Waals surface area contributed by atoms with E-state index in [0.717, 1.165) is 19.6 Å². The Labute approximate surface area is 80.9 Å². The molecule has 0 heterocycles. The van der Waals surface area contributed by atoms with Crippen LogP contribution in [-0.2, 0) is 4.79 Å². The summed E-state index contributed by atoms with van der Waals surface area (Å²) in [5.41, 5.74) is 0. The van der Waals surface area contributed by atoms with Gasteiger partial charge in [0.05, 0.1) is 6.54 Å². The van der Waals surface area contributed by atoms with Gasteiger partial charge in [0.1, 0.15) is 0 Å². The van der Waals surface area contributed by atoms with Crippen LogP contribution in [0.2, 0.25) is 0 Å². The van der Waals surface area contributed by atoms with Gasteiger partial charge in [-0.3, -0.25) is 9.69 Å². The maximum absolute atomic E-state index is 11.3. The minimum atomic E-state index is 0.165. The van der Waals surface area contributed by atoms with Crippen molar-refractivity contribution in [3.05, 3.63) is 0 Å². The van der Waals surface area contributed by atoms with E-state index >= 15 is 0 Å². The summed E-state index contributed by atoms with van der Waals surface area (Å²) in [6, 6.07) is 0. The standard InChI is InChI=1S/C9H21N3O/c1-5-12(7-6-10-2)8-9(13)11(3)4/h10H,5-8H2,1-4H3. The van der Waals surface area contributed by atoms with Gasteiger partial charge in [-0.25, -0.2) is 0 Å². The average molecular weight is 187 g/mol. The summed E-state index contributed by atoms with van der Waals surface area (Å²) in [6.07, 6.45) is 0. The maximum atomic E-state index is 11.3. The molecule has 0 radical (unpaired) electrons. The largest absolute Gasteiger partial charge is 0.348 e. The Hall–Kier alpha value is -0.610. The van der Waals surface area contributed by atoms with Crippen molar-refractivity contribution in [1.82, 2.24) is 15.1 Å². The van der Waals surface area contributed by atoms with Crippen LogP contribution >= 0.6 is 0 Å². The number of carbonyl (C=O) groups excluding carboxylic acids is 1. The van der Waals surface area contributed by atoms with Gasteiger partial charge in [-0.05, 0) is 13.6 Å². The lowest BCUT2D eigenvalue weighted by Crippen LogP contribution is -2.39. The molecule has 0 bridgehead atoms. The first-order valence-corrected chi connectivity index (χ1v) is 4.69. The van der Waals surface area contributed by atoms with Gasteiger partial charge in [0.2, 0.25) is 5.91 Å². The number of hydrogen-bond donors (Lipinski definition) is 1. The van der Waals surface area contributed by atoms with Gasteiger partial charge in [-0.15, -0.1) is 0 Å². The first-order valence-electron chi connectivity index (χ1n) is 4.69. The summed E-state index contributed by atoms with van der Waals surface area (Å²) < 4.78 is 0. The molecule has 4 heteroatoms. The molecule has 1 amide bonds. The van der Waals surface area contributed by atoms with E-state index in [0.29, 0.717) is 6.54 Å². The molecule has 0 aliphatic carbocycles. The molecule has 13 heavy (non-hydrogen) atoms. The minimum Gasteiger partial charge on any atom is -0.348 e. The second-order valence-corrected chi connectivity index (χ2v) is 3.26.